The highest BCUT2D eigenvalue weighted by Crippen LogP contribution is 2.32. The fourth-order valence-corrected chi connectivity index (χ4v) is 2.21. The molecule has 0 amide bonds. The first-order chi connectivity index (χ1) is 9.97. The van der Waals surface area contributed by atoms with E-state index in [2.05, 4.69) is 0 Å². The summed E-state index contributed by atoms with van der Waals surface area (Å²) in [6, 6.07) is 6.64. The van der Waals surface area contributed by atoms with Crippen LogP contribution in [0.2, 0.25) is 5.02 Å². The minimum absolute atomic E-state index is 0.0897. The van der Waals surface area contributed by atoms with Crippen LogP contribution in [0.15, 0.2) is 45.8 Å². The molecule has 0 aliphatic carbocycles. The van der Waals surface area contributed by atoms with E-state index in [4.69, 9.17) is 16.0 Å². The molecule has 0 spiro atoms. The molecule has 106 valence electrons. The third-order valence-electron chi connectivity index (χ3n) is 3.13. The topological polar surface area (TPSA) is 90.9 Å². The Hall–Kier alpha value is -2.66. The molecule has 0 fully saturated rings. The molecular formula is C15H9ClO5. The summed E-state index contributed by atoms with van der Waals surface area (Å²) in [5.74, 6) is -0.866. The molecule has 3 rings (SSSR count). The van der Waals surface area contributed by atoms with Gasteiger partial charge in [-0.15, -0.1) is 0 Å². The Morgan fingerprint density at radius 1 is 0.952 bits per heavy atom. The normalized spacial score (nSPS) is 10.9. The Kier molecular flexibility index (Phi) is 2.99. The molecule has 21 heavy (non-hydrogen) atoms. The van der Waals surface area contributed by atoms with Crippen molar-refractivity contribution in [1.29, 1.82) is 0 Å². The molecule has 0 atom stereocenters. The zero-order chi connectivity index (χ0) is 15.1. The van der Waals surface area contributed by atoms with Crippen LogP contribution in [0, 0.1) is 0 Å². The molecule has 1 heterocycles. The van der Waals surface area contributed by atoms with Crippen LogP contribution in [-0.4, -0.2) is 15.3 Å². The zero-order valence-electron chi connectivity index (χ0n) is 10.5. The first kappa shape index (κ1) is 13.3. The number of aromatic hydroxyl groups is 3. The summed E-state index contributed by atoms with van der Waals surface area (Å²) in [4.78, 5) is 12.4. The zero-order valence-corrected chi connectivity index (χ0v) is 11.3. The fraction of sp³-hybridized carbons (Fsp3) is 0. The summed E-state index contributed by atoms with van der Waals surface area (Å²) in [6.45, 7) is 0. The third kappa shape index (κ3) is 2.17. The van der Waals surface area contributed by atoms with Gasteiger partial charge < -0.3 is 19.7 Å². The van der Waals surface area contributed by atoms with Crippen LogP contribution in [0.1, 0.15) is 0 Å². The third-order valence-corrected chi connectivity index (χ3v) is 3.43. The Bertz CT molecular complexity index is 914. The van der Waals surface area contributed by atoms with E-state index >= 15 is 0 Å². The lowest BCUT2D eigenvalue weighted by molar-refractivity contribution is 0.403. The van der Waals surface area contributed by atoms with Crippen LogP contribution in [0.25, 0.3) is 22.1 Å². The first-order valence-electron chi connectivity index (χ1n) is 5.94. The number of hydrogen-bond acceptors (Lipinski definition) is 5. The summed E-state index contributed by atoms with van der Waals surface area (Å²) < 4.78 is 5.31. The van der Waals surface area contributed by atoms with Crippen molar-refractivity contribution in [2.24, 2.45) is 0 Å². The minimum atomic E-state index is -0.407. The molecule has 2 aromatic carbocycles. The Labute approximate surface area is 123 Å². The van der Waals surface area contributed by atoms with Gasteiger partial charge in [0, 0.05) is 6.07 Å². The summed E-state index contributed by atoms with van der Waals surface area (Å²) in [6.07, 6.45) is 1.24. The SMILES string of the molecule is O=c1c(-c2ccc(O)c(Cl)c2)coc2cc(O)c(O)cc12. The Morgan fingerprint density at radius 2 is 1.67 bits per heavy atom. The van der Waals surface area contributed by atoms with Crippen molar-refractivity contribution in [3.8, 4) is 28.4 Å². The maximum atomic E-state index is 12.4. The van der Waals surface area contributed by atoms with Gasteiger partial charge in [0.2, 0.25) is 5.43 Å². The van der Waals surface area contributed by atoms with Crippen molar-refractivity contribution >= 4 is 22.6 Å². The van der Waals surface area contributed by atoms with E-state index in [-0.39, 0.29) is 38.5 Å². The second-order valence-electron chi connectivity index (χ2n) is 4.48. The number of fused-ring (bicyclic) bond motifs is 1. The second-order valence-corrected chi connectivity index (χ2v) is 4.89. The van der Waals surface area contributed by atoms with Crippen LogP contribution in [0.4, 0.5) is 0 Å². The van der Waals surface area contributed by atoms with Gasteiger partial charge in [0.1, 0.15) is 17.6 Å². The smallest absolute Gasteiger partial charge is 0.200 e. The highest BCUT2D eigenvalue weighted by Gasteiger charge is 2.13. The van der Waals surface area contributed by atoms with E-state index in [1.807, 2.05) is 0 Å². The number of benzene rings is 2. The predicted molar refractivity (Wildman–Crippen MR) is 77.9 cm³/mol. The minimum Gasteiger partial charge on any atom is -0.506 e. The van der Waals surface area contributed by atoms with E-state index in [0.29, 0.717) is 5.56 Å². The van der Waals surface area contributed by atoms with Gasteiger partial charge in [0.25, 0.3) is 0 Å². The van der Waals surface area contributed by atoms with Crippen molar-refractivity contribution < 1.29 is 19.7 Å². The van der Waals surface area contributed by atoms with Gasteiger partial charge in [-0.25, -0.2) is 0 Å². The standard InChI is InChI=1S/C15H9ClO5/c16-10-3-7(1-2-11(10)17)9-6-21-14-5-13(19)12(18)4-8(14)15(9)20/h1-6,17-19H. The van der Waals surface area contributed by atoms with Gasteiger partial charge >= 0.3 is 0 Å². The predicted octanol–water partition coefficient (Wildman–Crippen LogP) is 3.23. The molecule has 1 aromatic heterocycles. The molecule has 0 bridgehead atoms. The van der Waals surface area contributed by atoms with E-state index in [1.165, 1.54) is 30.5 Å². The van der Waals surface area contributed by atoms with Crippen molar-refractivity contribution in [3.63, 3.8) is 0 Å². The molecule has 0 aliphatic heterocycles. The lowest BCUT2D eigenvalue weighted by atomic mass is 10.1. The van der Waals surface area contributed by atoms with Crippen LogP contribution < -0.4 is 5.43 Å². The molecule has 3 N–H and O–H groups in total. The lowest BCUT2D eigenvalue weighted by Gasteiger charge is -2.05. The molecule has 3 aromatic rings. The number of phenols is 3. The fourth-order valence-electron chi connectivity index (χ4n) is 2.03. The van der Waals surface area contributed by atoms with E-state index < -0.39 is 5.75 Å². The van der Waals surface area contributed by atoms with Crippen molar-refractivity contribution in [3.05, 3.63) is 51.8 Å². The molecule has 0 unspecified atom stereocenters. The maximum absolute atomic E-state index is 12.4. The van der Waals surface area contributed by atoms with Gasteiger partial charge in [0.15, 0.2) is 11.5 Å². The maximum Gasteiger partial charge on any atom is 0.200 e. The number of phenolic OH excluding ortho intramolecular Hbond substituents is 3. The second kappa shape index (κ2) is 4.71. The Morgan fingerprint density at radius 3 is 2.38 bits per heavy atom. The van der Waals surface area contributed by atoms with Crippen LogP contribution in [-0.2, 0) is 0 Å². The van der Waals surface area contributed by atoms with Gasteiger partial charge in [-0.2, -0.15) is 0 Å². The van der Waals surface area contributed by atoms with E-state index in [0.717, 1.165) is 6.07 Å². The van der Waals surface area contributed by atoms with Gasteiger partial charge in [0.05, 0.1) is 16.0 Å². The largest absolute Gasteiger partial charge is 0.506 e. The monoisotopic (exact) mass is 304 g/mol. The summed E-state index contributed by atoms with van der Waals surface area (Å²) >= 11 is 5.82. The molecule has 5 nitrogen and oxygen atoms in total. The van der Waals surface area contributed by atoms with Gasteiger partial charge in [-0.3, -0.25) is 4.79 Å². The highest BCUT2D eigenvalue weighted by atomic mass is 35.5. The number of halogens is 1. The first-order valence-corrected chi connectivity index (χ1v) is 6.31. The van der Waals surface area contributed by atoms with Gasteiger partial charge in [-0.05, 0) is 23.8 Å². The van der Waals surface area contributed by atoms with Crippen molar-refractivity contribution in [1.82, 2.24) is 0 Å². The quantitative estimate of drug-likeness (QED) is 0.600. The molecule has 0 saturated heterocycles. The molecule has 0 radical (unpaired) electrons. The average Bonchev–Trinajstić information content (AvgIpc) is 2.45. The summed E-state index contributed by atoms with van der Waals surface area (Å²) in [5.41, 5.74) is 0.479. The summed E-state index contributed by atoms with van der Waals surface area (Å²) in [5, 5.41) is 28.6. The molecule has 0 saturated carbocycles. The van der Waals surface area contributed by atoms with E-state index in [1.54, 1.807) is 0 Å². The van der Waals surface area contributed by atoms with Crippen LogP contribution in [0.5, 0.6) is 17.2 Å². The van der Waals surface area contributed by atoms with Crippen molar-refractivity contribution in [2.45, 2.75) is 0 Å². The molecule has 6 heteroatoms. The Balaban J connectivity index is 2.29. The average molecular weight is 305 g/mol. The van der Waals surface area contributed by atoms with Crippen LogP contribution in [0.3, 0.4) is 0 Å². The summed E-state index contributed by atoms with van der Waals surface area (Å²) in [7, 11) is 0. The van der Waals surface area contributed by atoms with Gasteiger partial charge in [-0.1, -0.05) is 17.7 Å². The van der Waals surface area contributed by atoms with Crippen LogP contribution >= 0.6 is 11.6 Å². The molecular weight excluding hydrogens is 296 g/mol. The number of hydrogen-bond donors (Lipinski definition) is 3. The van der Waals surface area contributed by atoms with Crippen molar-refractivity contribution in [2.75, 3.05) is 0 Å². The highest BCUT2D eigenvalue weighted by molar-refractivity contribution is 6.32. The molecule has 0 aliphatic rings. The number of rotatable bonds is 1. The van der Waals surface area contributed by atoms with E-state index in [9.17, 15) is 20.1 Å². The lowest BCUT2D eigenvalue weighted by Crippen LogP contribution is -2.04.